The zero-order chi connectivity index (χ0) is 20.4. The van der Waals surface area contributed by atoms with Crippen molar-refractivity contribution in [3.8, 4) is 5.69 Å². The van der Waals surface area contributed by atoms with Crippen LogP contribution in [0.15, 0.2) is 57.9 Å². The van der Waals surface area contributed by atoms with E-state index < -0.39 is 0 Å². The van der Waals surface area contributed by atoms with Gasteiger partial charge in [-0.2, -0.15) is 5.10 Å². The minimum absolute atomic E-state index is 0.0468. The number of nitrogens with zero attached hydrogens (tertiary/aromatic N) is 4. The Morgan fingerprint density at radius 3 is 2.97 bits per heavy atom. The quantitative estimate of drug-likeness (QED) is 0.362. The summed E-state index contributed by atoms with van der Waals surface area (Å²) in [4.78, 5) is 34.8. The van der Waals surface area contributed by atoms with Crippen molar-refractivity contribution in [1.82, 2.24) is 24.6 Å². The Labute approximate surface area is 179 Å². The van der Waals surface area contributed by atoms with E-state index in [2.05, 4.69) is 15.1 Å². The molecule has 4 rings (SSSR count). The Hall–Kier alpha value is -2.62. The second kappa shape index (κ2) is 8.40. The molecular weight excluding hydrogens is 430 g/mol. The molecule has 0 unspecified atom stereocenters. The molecule has 0 aliphatic heterocycles. The van der Waals surface area contributed by atoms with Crippen LogP contribution in [0, 0.1) is 0 Å². The summed E-state index contributed by atoms with van der Waals surface area (Å²) < 4.78 is 1.56. The van der Waals surface area contributed by atoms with Crippen molar-refractivity contribution >= 4 is 51.6 Å². The zero-order valence-electron chi connectivity index (χ0n) is 15.3. The second-order valence-corrected chi connectivity index (χ2v) is 8.70. The highest BCUT2D eigenvalue weighted by Crippen LogP contribution is 2.20. The van der Waals surface area contributed by atoms with Gasteiger partial charge in [0.1, 0.15) is 5.39 Å². The summed E-state index contributed by atoms with van der Waals surface area (Å²) in [5.41, 5.74) is 0.816. The number of H-pyrrole nitrogens is 1. The van der Waals surface area contributed by atoms with E-state index in [0.717, 1.165) is 4.88 Å². The Balaban J connectivity index is 1.54. The maximum atomic E-state index is 12.4. The maximum Gasteiger partial charge on any atom is 0.262 e. The van der Waals surface area contributed by atoms with E-state index in [1.165, 1.54) is 18.0 Å². The number of amides is 1. The van der Waals surface area contributed by atoms with Gasteiger partial charge in [-0.25, -0.2) is 9.67 Å². The number of halogens is 1. The number of hydrogen-bond acceptors (Lipinski definition) is 6. The largest absolute Gasteiger partial charge is 0.340 e. The van der Waals surface area contributed by atoms with Crippen LogP contribution in [-0.4, -0.2) is 43.4 Å². The predicted molar refractivity (Wildman–Crippen MR) is 116 cm³/mol. The van der Waals surface area contributed by atoms with Gasteiger partial charge in [0, 0.05) is 16.9 Å². The molecule has 0 atom stereocenters. The van der Waals surface area contributed by atoms with E-state index in [4.69, 9.17) is 11.6 Å². The van der Waals surface area contributed by atoms with E-state index >= 15 is 0 Å². The van der Waals surface area contributed by atoms with Crippen LogP contribution in [0.1, 0.15) is 4.88 Å². The second-order valence-electron chi connectivity index (χ2n) is 6.26. The van der Waals surface area contributed by atoms with Crippen LogP contribution in [0.2, 0.25) is 5.02 Å². The third-order valence-electron chi connectivity index (χ3n) is 4.20. The molecule has 0 saturated heterocycles. The first-order chi connectivity index (χ1) is 14.0. The number of benzene rings is 1. The molecule has 0 fully saturated rings. The monoisotopic (exact) mass is 445 g/mol. The first-order valence-corrected chi connectivity index (χ1v) is 10.9. The van der Waals surface area contributed by atoms with E-state index in [9.17, 15) is 9.59 Å². The minimum atomic E-state index is -0.301. The van der Waals surface area contributed by atoms with Crippen LogP contribution < -0.4 is 5.56 Å². The highest BCUT2D eigenvalue weighted by atomic mass is 35.5. The lowest BCUT2D eigenvalue weighted by Gasteiger charge is -2.15. The molecule has 0 radical (unpaired) electrons. The summed E-state index contributed by atoms with van der Waals surface area (Å²) in [6.07, 6.45) is 1.47. The smallest absolute Gasteiger partial charge is 0.262 e. The highest BCUT2D eigenvalue weighted by Gasteiger charge is 2.15. The molecule has 7 nitrogen and oxygen atoms in total. The lowest BCUT2D eigenvalue weighted by molar-refractivity contribution is -0.127. The SMILES string of the molecule is CN(Cc1cccs1)C(=O)CSc1nc2c(cnn2-c2cccc(Cl)c2)c(=O)[nH]1. The van der Waals surface area contributed by atoms with E-state index in [-0.39, 0.29) is 17.2 Å². The molecule has 0 bridgehead atoms. The molecule has 3 heterocycles. The molecule has 1 N–H and O–H groups in total. The molecule has 3 aromatic heterocycles. The van der Waals surface area contributed by atoms with Gasteiger partial charge in [-0.3, -0.25) is 9.59 Å². The molecule has 0 saturated carbocycles. The first kappa shape index (κ1) is 19.7. The summed E-state index contributed by atoms with van der Waals surface area (Å²) in [5, 5.41) is 7.54. The Morgan fingerprint density at radius 1 is 1.34 bits per heavy atom. The van der Waals surface area contributed by atoms with E-state index in [0.29, 0.717) is 33.4 Å². The van der Waals surface area contributed by atoms with Crippen molar-refractivity contribution in [2.45, 2.75) is 11.7 Å². The number of carbonyl (C=O) groups excluding carboxylic acids is 1. The van der Waals surface area contributed by atoms with Crippen molar-refractivity contribution in [2.75, 3.05) is 12.8 Å². The molecule has 148 valence electrons. The summed E-state index contributed by atoms with van der Waals surface area (Å²) in [5.74, 6) is 0.122. The zero-order valence-corrected chi connectivity index (χ0v) is 17.7. The number of hydrogen-bond donors (Lipinski definition) is 1. The number of thiophene rings is 1. The van der Waals surface area contributed by atoms with Crippen LogP contribution >= 0.6 is 34.7 Å². The lowest BCUT2D eigenvalue weighted by Crippen LogP contribution is -2.27. The normalized spacial score (nSPS) is 11.1. The van der Waals surface area contributed by atoms with Crippen LogP contribution in [0.5, 0.6) is 0 Å². The standard InChI is InChI=1S/C19H16ClN5O2S2/c1-24(10-14-6-3-7-28-14)16(26)11-29-19-22-17-15(18(27)23-19)9-21-25(17)13-5-2-4-12(20)8-13/h2-9H,10-11H2,1H3,(H,22,23,27). The number of fused-ring (bicyclic) bond motifs is 1. The number of aromatic nitrogens is 4. The minimum Gasteiger partial charge on any atom is -0.340 e. The van der Waals surface area contributed by atoms with Crippen LogP contribution in [0.25, 0.3) is 16.7 Å². The Kier molecular flexibility index (Phi) is 5.70. The third kappa shape index (κ3) is 4.36. The van der Waals surface area contributed by atoms with Crippen LogP contribution in [0.4, 0.5) is 0 Å². The fourth-order valence-electron chi connectivity index (χ4n) is 2.73. The van der Waals surface area contributed by atoms with Crippen molar-refractivity contribution in [2.24, 2.45) is 0 Å². The van der Waals surface area contributed by atoms with Gasteiger partial charge in [0.2, 0.25) is 5.91 Å². The molecule has 10 heteroatoms. The summed E-state index contributed by atoms with van der Waals surface area (Å²) in [7, 11) is 1.76. The van der Waals surface area contributed by atoms with E-state index in [1.807, 2.05) is 23.6 Å². The van der Waals surface area contributed by atoms with Crippen molar-refractivity contribution in [3.63, 3.8) is 0 Å². The number of thioether (sulfide) groups is 1. The van der Waals surface area contributed by atoms with Crippen molar-refractivity contribution in [1.29, 1.82) is 0 Å². The van der Waals surface area contributed by atoms with Gasteiger partial charge in [-0.1, -0.05) is 35.5 Å². The van der Waals surface area contributed by atoms with Gasteiger partial charge in [0.15, 0.2) is 10.8 Å². The summed E-state index contributed by atoms with van der Waals surface area (Å²) in [6.45, 7) is 0.557. The fourth-order valence-corrected chi connectivity index (χ4v) is 4.47. The highest BCUT2D eigenvalue weighted by molar-refractivity contribution is 7.99. The number of aromatic amines is 1. The molecule has 0 spiro atoms. The summed E-state index contributed by atoms with van der Waals surface area (Å²) in [6, 6.07) is 11.1. The lowest BCUT2D eigenvalue weighted by atomic mass is 10.3. The van der Waals surface area contributed by atoms with Gasteiger partial charge < -0.3 is 9.88 Å². The molecule has 0 aliphatic carbocycles. The van der Waals surface area contributed by atoms with Gasteiger partial charge in [-0.05, 0) is 29.6 Å². The number of carbonyl (C=O) groups is 1. The molecule has 1 aromatic carbocycles. The Morgan fingerprint density at radius 2 is 2.21 bits per heavy atom. The first-order valence-electron chi connectivity index (χ1n) is 8.64. The molecule has 4 aromatic rings. The predicted octanol–water partition coefficient (Wildman–Crippen LogP) is 3.57. The van der Waals surface area contributed by atoms with Gasteiger partial charge in [0.25, 0.3) is 5.56 Å². The average Bonchev–Trinajstić information content (AvgIpc) is 3.36. The molecular formula is C19H16ClN5O2S2. The van der Waals surface area contributed by atoms with Gasteiger partial charge >= 0.3 is 0 Å². The van der Waals surface area contributed by atoms with Gasteiger partial charge in [0.05, 0.1) is 24.2 Å². The molecule has 1 amide bonds. The maximum absolute atomic E-state index is 12.4. The van der Waals surface area contributed by atoms with Crippen molar-refractivity contribution in [3.05, 3.63) is 68.2 Å². The Bertz CT molecular complexity index is 1220. The number of nitrogens with one attached hydrogen (secondary N) is 1. The van der Waals surface area contributed by atoms with E-state index in [1.54, 1.807) is 46.2 Å². The summed E-state index contributed by atoms with van der Waals surface area (Å²) >= 11 is 8.86. The topological polar surface area (TPSA) is 83.9 Å². The number of rotatable bonds is 6. The van der Waals surface area contributed by atoms with Crippen molar-refractivity contribution < 1.29 is 4.79 Å². The molecule has 0 aliphatic rings. The van der Waals surface area contributed by atoms with Crippen LogP contribution in [0.3, 0.4) is 0 Å². The fraction of sp³-hybridized carbons (Fsp3) is 0.158. The van der Waals surface area contributed by atoms with Crippen LogP contribution in [-0.2, 0) is 11.3 Å². The van der Waals surface area contributed by atoms with Gasteiger partial charge in [-0.15, -0.1) is 11.3 Å². The third-order valence-corrected chi connectivity index (χ3v) is 6.15. The molecule has 29 heavy (non-hydrogen) atoms. The average molecular weight is 446 g/mol.